The molecule has 2 aromatic carbocycles. The lowest BCUT2D eigenvalue weighted by Crippen LogP contribution is -2.39. The Morgan fingerprint density at radius 3 is 2.24 bits per heavy atom. The Labute approximate surface area is 223 Å². The van der Waals surface area contributed by atoms with Crippen LogP contribution in [-0.2, 0) is 9.53 Å². The standard InChI is InChI=1S/C29H37N5O4/c1-3-21(17-32-34-28(36)31-16-19-12-14-20(15-13-19)27(35)30-2)33-29(37)38-18-26-24-10-6-4-8-22(24)23-9-5-7-11-25(23)26/h4-11,17,19-21,26H,3,12-16,18H2,1-2H3,(H,30,35)(H,33,37)(H2,31,34,36)/b32-17+. The molecule has 2 aliphatic rings. The lowest BCUT2D eigenvalue weighted by molar-refractivity contribution is -0.125. The van der Waals surface area contributed by atoms with Gasteiger partial charge >= 0.3 is 12.1 Å². The number of urea groups is 1. The number of rotatable bonds is 9. The lowest BCUT2D eigenvalue weighted by atomic mass is 9.81. The molecule has 0 saturated heterocycles. The molecule has 0 bridgehead atoms. The lowest BCUT2D eigenvalue weighted by Gasteiger charge is -2.27. The van der Waals surface area contributed by atoms with Crippen molar-refractivity contribution in [1.82, 2.24) is 21.4 Å². The second-order valence-electron chi connectivity index (χ2n) is 9.92. The van der Waals surface area contributed by atoms with Gasteiger partial charge in [0.05, 0.1) is 6.04 Å². The average Bonchev–Trinajstić information content (AvgIpc) is 3.28. The van der Waals surface area contributed by atoms with Crippen molar-refractivity contribution in [1.29, 1.82) is 0 Å². The molecule has 2 aromatic rings. The molecule has 2 aliphatic carbocycles. The number of carbonyl (C=O) groups is 3. The second-order valence-corrected chi connectivity index (χ2v) is 9.92. The number of alkyl carbamates (subject to hydrolysis) is 1. The number of ether oxygens (including phenoxy) is 1. The Morgan fingerprint density at radius 2 is 1.63 bits per heavy atom. The number of benzene rings is 2. The minimum Gasteiger partial charge on any atom is -0.449 e. The van der Waals surface area contributed by atoms with Crippen molar-refractivity contribution in [3.63, 3.8) is 0 Å². The van der Waals surface area contributed by atoms with E-state index in [9.17, 15) is 14.4 Å². The molecule has 4 rings (SSSR count). The van der Waals surface area contributed by atoms with Crippen molar-refractivity contribution in [2.75, 3.05) is 20.2 Å². The largest absolute Gasteiger partial charge is 0.449 e. The van der Waals surface area contributed by atoms with Crippen LogP contribution in [-0.4, -0.2) is 50.5 Å². The molecule has 4 amide bonds. The summed E-state index contributed by atoms with van der Waals surface area (Å²) < 4.78 is 5.60. The van der Waals surface area contributed by atoms with E-state index < -0.39 is 12.1 Å². The van der Waals surface area contributed by atoms with Crippen LogP contribution in [0.3, 0.4) is 0 Å². The van der Waals surface area contributed by atoms with Crippen LogP contribution in [0.1, 0.15) is 56.1 Å². The first-order valence-corrected chi connectivity index (χ1v) is 13.4. The van der Waals surface area contributed by atoms with Gasteiger partial charge in [0.1, 0.15) is 6.61 Å². The molecule has 4 N–H and O–H groups in total. The first-order valence-electron chi connectivity index (χ1n) is 13.4. The van der Waals surface area contributed by atoms with E-state index in [4.69, 9.17) is 4.74 Å². The number of fused-ring (bicyclic) bond motifs is 3. The number of hydrazone groups is 1. The van der Waals surface area contributed by atoms with E-state index in [0.29, 0.717) is 18.9 Å². The van der Waals surface area contributed by atoms with Gasteiger partial charge in [-0.25, -0.2) is 15.0 Å². The van der Waals surface area contributed by atoms with Gasteiger partial charge in [-0.15, -0.1) is 0 Å². The number of amides is 4. The zero-order valence-corrected chi connectivity index (χ0v) is 22.0. The van der Waals surface area contributed by atoms with Gasteiger partial charge in [-0.2, -0.15) is 5.10 Å². The molecule has 202 valence electrons. The van der Waals surface area contributed by atoms with Crippen LogP contribution in [0.2, 0.25) is 0 Å². The summed E-state index contributed by atoms with van der Waals surface area (Å²) in [6.07, 6.45) is 5.05. The fraction of sp³-hybridized carbons (Fsp3) is 0.448. The first kappa shape index (κ1) is 27.2. The summed E-state index contributed by atoms with van der Waals surface area (Å²) >= 11 is 0. The van der Waals surface area contributed by atoms with Gasteiger partial charge in [0.2, 0.25) is 5.91 Å². The maximum Gasteiger partial charge on any atom is 0.407 e. The van der Waals surface area contributed by atoms with Crippen LogP contribution in [0.4, 0.5) is 9.59 Å². The Kier molecular flexibility index (Phi) is 9.35. The SMILES string of the molecule is CCC(/C=N/NC(=O)NCC1CCC(C(=O)NC)CC1)NC(=O)OCC1c2ccccc2-c2ccccc21. The maximum atomic E-state index is 12.5. The predicted octanol–water partition coefficient (Wildman–Crippen LogP) is 4.14. The molecule has 9 heteroatoms. The quantitative estimate of drug-likeness (QED) is 0.294. The van der Waals surface area contributed by atoms with Crippen LogP contribution in [0.25, 0.3) is 11.1 Å². The minimum absolute atomic E-state index is 0.00824. The topological polar surface area (TPSA) is 121 Å². The van der Waals surface area contributed by atoms with Gasteiger partial charge in [-0.1, -0.05) is 55.5 Å². The molecule has 1 saturated carbocycles. The number of nitrogens with zero attached hydrogens (tertiary/aromatic N) is 1. The van der Waals surface area contributed by atoms with Crippen LogP contribution < -0.4 is 21.4 Å². The number of hydrogen-bond acceptors (Lipinski definition) is 5. The molecule has 0 spiro atoms. The summed E-state index contributed by atoms with van der Waals surface area (Å²) in [5.74, 6) is 0.514. The smallest absolute Gasteiger partial charge is 0.407 e. The van der Waals surface area contributed by atoms with Gasteiger partial charge in [-0.3, -0.25) is 4.79 Å². The third-order valence-corrected chi connectivity index (χ3v) is 7.52. The molecular formula is C29H37N5O4. The average molecular weight is 520 g/mol. The van der Waals surface area contributed by atoms with Crippen LogP contribution >= 0.6 is 0 Å². The summed E-state index contributed by atoms with van der Waals surface area (Å²) in [6, 6.07) is 15.6. The van der Waals surface area contributed by atoms with E-state index in [2.05, 4.69) is 50.7 Å². The molecule has 0 heterocycles. The van der Waals surface area contributed by atoms with E-state index in [0.717, 1.165) is 36.8 Å². The van der Waals surface area contributed by atoms with Gasteiger partial charge in [0.25, 0.3) is 0 Å². The van der Waals surface area contributed by atoms with Gasteiger partial charge in [-0.05, 0) is 60.3 Å². The van der Waals surface area contributed by atoms with E-state index >= 15 is 0 Å². The summed E-state index contributed by atoms with van der Waals surface area (Å²) in [4.78, 5) is 36.4. The van der Waals surface area contributed by atoms with Gasteiger partial charge in [0.15, 0.2) is 0 Å². The number of hydrogen-bond donors (Lipinski definition) is 4. The molecule has 38 heavy (non-hydrogen) atoms. The van der Waals surface area contributed by atoms with Crippen molar-refractivity contribution in [3.05, 3.63) is 59.7 Å². The third kappa shape index (κ3) is 6.70. The predicted molar refractivity (Wildman–Crippen MR) is 147 cm³/mol. The Hall–Kier alpha value is -3.88. The molecule has 1 atom stereocenters. The second kappa shape index (κ2) is 13.1. The van der Waals surface area contributed by atoms with Crippen molar-refractivity contribution in [2.45, 2.75) is 51.0 Å². The number of carbonyl (C=O) groups excluding carboxylic acids is 3. The Morgan fingerprint density at radius 1 is 1.00 bits per heavy atom. The molecular weight excluding hydrogens is 482 g/mol. The van der Waals surface area contributed by atoms with E-state index in [1.54, 1.807) is 7.05 Å². The van der Waals surface area contributed by atoms with E-state index in [1.807, 2.05) is 31.2 Å². The van der Waals surface area contributed by atoms with Crippen molar-refractivity contribution in [3.8, 4) is 11.1 Å². The maximum absolute atomic E-state index is 12.5. The number of nitrogens with one attached hydrogen (secondary N) is 4. The molecule has 0 radical (unpaired) electrons. The highest BCUT2D eigenvalue weighted by molar-refractivity contribution is 5.80. The van der Waals surface area contributed by atoms with Crippen LogP contribution in [0.15, 0.2) is 53.6 Å². The summed E-state index contributed by atoms with van der Waals surface area (Å²) in [6.45, 7) is 2.69. The fourth-order valence-electron chi connectivity index (χ4n) is 5.33. The Bertz CT molecular complexity index is 1110. The zero-order valence-electron chi connectivity index (χ0n) is 22.0. The van der Waals surface area contributed by atoms with Gasteiger partial charge in [0, 0.05) is 31.6 Å². The molecule has 1 unspecified atom stereocenters. The first-order chi connectivity index (χ1) is 18.5. The minimum atomic E-state index is -0.526. The summed E-state index contributed by atoms with van der Waals surface area (Å²) in [5.41, 5.74) is 7.13. The molecule has 9 nitrogen and oxygen atoms in total. The molecule has 1 fully saturated rings. The monoisotopic (exact) mass is 519 g/mol. The van der Waals surface area contributed by atoms with Crippen LogP contribution in [0, 0.1) is 11.8 Å². The fourth-order valence-corrected chi connectivity index (χ4v) is 5.33. The van der Waals surface area contributed by atoms with Crippen molar-refractivity contribution in [2.24, 2.45) is 16.9 Å². The van der Waals surface area contributed by atoms with Crippen molar-refractivity contribution >= 4 is 24.2 Å². The normalized spacial score (nSPS) is 19.2. The van der Waals surface area contributed by atoms with E-state index in [-0.39, 0.29) is 30.4 Å². The summed E-state index contributed by atoms with van der Waals surface area (Å²) in [7, 11) is 1.66. The highest BCUT2D eigenvalue weighted by atomic mass is 16.5. The molecule has 0 aromatic heterocycles. The third-order valence-electron chi connectivity index (χ3n) is 7.52. The molecule has 0 aliphatic heterocycles. The zero-order chi connectivity index (χ0) is 26.9. The highest BCUT2D eigenvalue weighted by Crippen LogP contribution is 2.44. The Balaban J connectivity index is 1.18. The van der Waals surface area contributed by atoms with E-state index in [1.165, 1.54) is 17.3 Å². The summed E-state index contributed by atoms with van der Waals surface area (Å²) in [5, 5.41) is 12.3. The van der Waals surface area contributed by atoms with Gasteiger partial charge < -0.3 is 20.7 Å². The van der Waals surface area contributed by atoms with Crippen molar-refractivity contribution < 1.29 is 19.1 Å². The highest BCUT2D eigenvalue weighted by Gasteiger charge is 2.29. The van der Waals surface area contributed by atoms with Crippen LogP contribution in [0.5, 0.6) is 0 Å².